The maximum Gasteiger partial charge on any atom is 0.306 e. The lowest BCUT2D eigenvalue weighted by Crippen LogP contribution is -2.30. The van der Waals surface area contributed by atoms with Crippen molar-refractivity contribution < 1.29 is 28.6 Å². The van der Waals surface area contributed by atoms with Crippen molar-refractivity contribution in [1.29, 1.82) is 0 Å². The van der Waals surface area contributed by atoms with E-state index in [-0.39, 0.29) is 31.1 Å². The minimum Gasteiger partial charge on any atom is -0.462 e. The Morgan fingerprint density at radius 1 is 0.253 bits per heavy atom. The first-order valence-corrected chi connectivity index (χ1v) is 34.2. The summed E-state index contributed by atoms with van der Waals surface area (Å²) in [6, 6.07) is 0. The summed E-state index contributed by atoms with van der Waals surface area (Å²) in [6.07, 6.45) is 76.7. The molecule has 6 nitrogen and oxygen atoms in total. The van der Waals surface area contributed by atoms with Crippen molar-refractivity contribution in [1.82, 2.24) is 0 Å². The van der Waals surface area contributed by atoms with Crippen LogP contribution in [-0.4, -0.2) is 37.2 Å². The fraction of sp³-hybridized carbons (Fsp3) is 0.928. The molecule has 0 aromatic rings. The molecule has 0 radical (unpaired) electrons. The first-order chi connectivity index (χ1) is 37.0. The van der Waals surface area contributed by atoms with Crippen LogP contribution in [0.3, 0.4) is 0 Å². The lowest BCUT2D eigenvalue weighted by atomic mass is 10.0. The minimum atomic E-state index is -0.769. The monoisotopic (exact) mass is 1060 g/mol. The van der Waals surface area contributed by atoms with Crippen molar-refractivity contribution >= 4 is 17.9 Å². The van der Waals surface area contributed by atoms with E-state index in [1.54, 1.807) is 0 Å². The molecule has 0 rings (SSSR count). The third kappa shape index (κ3) is 62.9. The average Bonchev–Trinajstić information content (AvgIpc) is 3.41. The van der Waals surface area contributed by atoms with Crippen LogP contribution in [0.25, 0.3) is 0 Å². The summed E-state index contributed by atoms with van der Waals surface area (Å²) in [6.45, 7) is 6.70. The number of rotatable bonds is 64. The molecule has 6 heteroatoms. The summed E-state index contributed by atoms with van der Waals surface area (Å²) in [4.78, 5) is 38.3. The van der Waals surface area contributed by atoms with Gasteiger partial charge in [-0.1, -0.05) is 341 Å². The standard InChI is InChI=1S/C69H132O6/c1-4-7-10-13-16-19-22-25-27-29-31-33-34-35-36-37-39-40-42-44-47-50-53-56-59-62-68(71)74-65-66(64-73-67(70)61-58-55-52-49-46-24-21-18-15-12-9-6-3)75-69(72)63-60-57-54-51-48-45-43-41-38-32-30-28-26-23-20-17-14-11-8-5-2/h18,21,66H,4-17,19-20,22-65H2,1-3H3/b21-18-. The molecule has 0 aromatic heterocycles. The lowest BCUT2D eigenvalue weighted by molar-refractivity contribution is -0.167. The summed E-state index contributed by atoms with van der Waals surface area (Å²) in [5.41, 5.74) is 0. The van der Waals surface area contributed by atoms with Crippen molar-refractivity contribution in [3.8, 4) is 0 Å². The summed E-state index contributed by atoms with van der Waals surface area (Å²) in [7, 11) is 0. The molecule has 444 valence electrons. The highest BCUT2D eigenvalue weighted by atomic mass is 16.6. The van der Waals surface area contributed by atoms with Gasteiger partial charge in [-0.3, -0.25) is 14.4 Å². The number of hydrogen-bond acceptors (Lipinski definition) is 6. The molecule has 75 heavy (non-hydrogen) atoms. The SMILES string of the molecule is CCCCC/C=C\CCCCCCCC(=O)OCC(COC(=O)CCCCCCCCCCCCCCCCCCCCCCCCCCC)OC(=O)CCCCCCCCCCCCCCCCCCCCCC. The zero-order valence-electron chi connectivity index (χ0n) is 51.1. The molecule has 0 N–H and O–H groups in total. The second-order valence-corrected chi connectivity index (χ2v) is 23.5. The largest absolute Gasteiger partial charge is 0.462 e. The van der Waals surface area contributed by atoms with Gasteiger partial charge in [-0.15, -0.1) is 0 Å². The number of esters is 3. The number of carbonyl (C=O) groups excluding carboxylic acids is 3. The maximum absolute atomic E-state index is 12.9. The van der Waals surface area contributed by atoms with Crippen molar-refractivity contribution in [2.24, 2.45) is 0 Å². The molecule has 0 saturated heterocycles. The van der Waals surface area contributed by atoms with Crippen LogP contribution in [0, 0.1) is 0 Å². The molecule has 0 aliphatic carbocycles. The number of carbonyl (C=O) groups is 3. The molecule has 0 heterocycles. The van der Waals surface area contributed by atoms with Crippen molar-refractivity contribution in [2.75, 3.05) is 13.2 Å². The molecular formula is C69H132O6. The van der Waals surface area contributed by atoms with E-state index in [1.165, 1.54) is 289 Å². The van der Waals surface area contributed by atoms with Gasteiger partial charge in [0, 0.05) is 19.3 Å². The van der Waals surface area contributed by atoms with E-state index in [0.29, 0.717) is 19.3 Å². The highest BCUT2D eigenvalue weighted by Gasteiger charge is 2.19. The van der Waals surface area contributed by atoms with E-state index in [4.69, 9.17) is 14.2 Å². The van der Waals surface area contributed by atoms with E-state index in [0.717, 1.165) is 64.2 Å². The van der Waals surface area contributed by atoms with Gasteiger partial charge >= 0.3 is 17.9 Å². The predicted molar refractivity (Wildman–Crippen MR) is 326 cm³/mol. The van der Waals surface area contributed by atoms with Crippen LogP contribution in [0.2, 0.25) is 0 Å². The Kier molecular flexibility index (Phi) is 63.1. The van der Waals surface area contributed by atoms with Gasteiger partial charge in [0.15, 0.2) is 6.10 Å². The smallest absolute Gasteiger partial charge is 0.306 e. The topological polar surface area (TPSA) is 78.9 Å². The Labute approximate surface area is 469 Å². The van der Waals surface area contributed by atoms with Crippen LogP contribution in [-0.2, 0) is 28.6 Å². The van der Waals surface area contributed by atoms with Gasteiger partial charge in [-0.25, -0.2) is 0 Å². The first-order valence-electron chi connectivity index (χ1n) is 34.2. The molecule has 0 saturated carbocycles. The molecule has 0 bridgehead atoms. The Morgan fingerprint density at radius 3 is 0.693 bits per heavy atom. The van der Waals surface area contributed by atoms with Crippen LogP contribution in [0.4, 0.5) is 0 Å². The second kappa shape index (κ2) is 64.7. The summed E-state index contributed by atoms with van der Waals surface area (Å²) in [5, 5.41) is 0. The fourth-order valence-electron chi connectivity index (χ4n) is 10.6. The average molecular weight is 1060 g/mol. The van der Waals surface area contributed by atoms with Crippen LogP contribution in [0.15, 0.2) is 12.2 Å². The molecule has 0 amide bonds. The van der Waals surface area contributed by atoms with E-state index in [9.17, 15) is 14.4 Å². The first kappa shape index (κ1) is 73.2. The lowest BCUT2D eigenvalue weighted by Gasteiger charge is -2.18. The number of unbranched alkanes of at least 4 members (excludes halogenated alkanes) is 51. The van der Waals surface area contributed by atoms with E-state index >= 15 is 0 Å². The van der Waals surface area contributed by atoms with Gasteiger partial charge in [0.2, 0.25) is 0 Å². The molecular weight excluding hydrogens is 925 g/mol. The number of hydrogen-bond donors (Lipinski definition) is 0. The quantitative estimate of drug-likeness (QED) is 0.0261. The number of ether oxygens (including phenoxy) is 3. The zero-order valence-corrected chi connectivity index (χ0v) is 51.1. The van der Waals surface area contributed by atoms with Gasteiger partial charge < -0.3 is 14.2 Å². The molecule has 0 spiro atoms. The fourth-order valence-corrected chi connectivity index (χ4v) is 10.6. The van der Waals surface area contributed by atoms with Gasteiger partial charge in [0.05, 0.1) is 0 Å². The van der Waals surface area contributed by atoms with Gasteiger partial charge in [0.25, 0.3) is 0 Å². The highest BCUT2D eigenvalue weighted by molar-refractivity contribution is 5.71. The minimum absolute atomic E-state index is 0.0659. The molecule has 1 atom stereocenters. The summed E-state index contributed by atoms with van der Waals surface area (Å²) >= 11 is 0. The van der Waals surface area contributed by atoms with Gasteiger partial charge in [0.1, 0.15) is 13.2 Å². The Balaban J connectivity index is 4.18. The normalized spacial score (nSPS) is 12.0. The van der Waals surface area contributed by atoms with E-state index < -0.39 is 6.10 Å². The van der Waals surface area contributed by atoms with Gasteiger partial charge in [-0.2, -0.15) is 0 Å². The Bertz CT molecular complexity index is 1170. The highest BCUT2D eigenvalue weighted by Crippen LogP contribution is 2.19. The third-order valence-electron chi connectivity index (χ3n) is 15.8. The van der Waals surface area contributed by atoms with Crippen molar-refractivity contribution in [2.45, 2.75) is 399 Å². The molecule has 0 aliphatic heterocycles. The van der Waals surface area contributed by atoms with E-state index in [1.807, 2.05) is 0 Å². The maximum atomic E-state index is 12.9. The summed E-state index contributed by atoms with van der Waals surface area (Å²) < 4.78 is 17.0. The predicted octanol–water partition coefficient (Wildman–Crippen LogP) is 23.2. The van der Waals surface area contributed by atoms with Crippen molar-refractivity contribution in [3.05, 3.63) is 12.2 Å². The van der Waals surface area contributed by atoms with E-state index in [2.05, 4.69) is 32.9 Å². The third-order valence-corrected chi connectivity index (χ3v) is 15.8. The Morgan fingerprint density at radius 2 is 0.440 bits per heavy atom. The van der Waals surface area contributed by atoms with Gasteiger partial charge in [-0.05, 0) is 44.9 Å². The van der Waals surface area contributed by atoms with Crippen LogP contribution in [0.5, 0.6) is 0 Å². The molecule has 0 fully saturated rings. The van der Waals surface area contributed by atoms with Crippen LogP contribution < -0.4 is 0 Å². The summed E-state index contributed by atoms with van der Waals surface area (Å²) in [5.74, 6) is -0.843. The number of allylic oxidation sites excluding steroid dienone is 2. The second-order valence-electron chi connectivity index (χ2n) is 23.5. The van der Waals surface area contributed by atoms with Crippen molar-refractivity contribution in [3.63, 3.8) is 0 Å². The molecule has 1 unspecified atom stereocenters. The Hall–Kier alpha value is -1.85. The zero-order chi connectivity index (χ0) is 54.3. The van der Waals surface area contributed by atoms with Crippen LogP contribution in [0.1, 0.15) is 393 Å². The molecule has 0 aromatic carbocycles. The molecule has 0 aliphatic rings. The van der Waals surface area contributed by atoms with Crippen LogP contribution >= 0.6 is 0 Å².